The van der Waals surface area contributed by atoms with Crippen molar-refractivity contribution in [3.05, 3.63) is 47.3 Å². The van der Waals surface area contributed by atoms with Gasteiger partial charge in [0.2, 0.25) is 5.79 Å². The molecule has 1 aromatic heterocycles. The maximum absolute atomic E-state index is 12.8. The molecule has 0 amide bonds. The van der Waals surface area contributed by atoms with Crippen LogP contribution in [0.3, 0.4) is 0 Å². The maximum Gasteiger partial charge on any atom is 0.238 e. The minimum Gasteiger partial charge on any atom is -0.508 e. The van der Waals surface area contributed by atoms with Crippen molar-refractivity contribution in [3.8, 4) is 11.5 Å². The molecule has 1 aromatic carbocycles. The number of rotatable bonds is 13. The number of oxime groups is 1. The molecule has 3 aliphatic rings. The summed E-state index contributed by atoms with van der Waals surface area (Å²) in [4.78, 5) is 5.35. The first-order chi connectivity index (χ1) is 20.0. The number of unbranched alkanes of at least 4 members (excludes halogenated alkanes) is 3. The molecule has 6 atom stereocenters. The van der Waals surface area contributed by atoms with Crippen LogP contribution < -0.4 is 4.74 Å². The molecular weight excluding hydrogens is 524 g/mol. The minimum absolute atomic E-state index is 0.114. The standard InChI is InChI=1S/C31H44N4O6/c1-3-4-10-21-19-32-34-35(21)28-18-26(33-40-2)24-16-20(9-5-7-14-36)23(11-6-8-15-37)29-25-17-22(38)12-13-27(25)41-31(28,39)30(24)29/h12-13,16-17,19-20,23,28-30,36-39H,3-11,14-15,18H2,1-2H3. The predicted molar refractivity (Wildman–Crippen MR) is 154 cm³/mol. The SMILES string of the molecule is CCCCc1cnnn1C1CC(=NOC)C2=CC(CCCCO)C(CCCCO)C3c4cc(O)ccc4OC1(O)C23. The second-order valence-corrected chi connectivity index (χ2v) is 11.7. The number of fused-ring (bicyclic) bond motifs is 2. The van der Waals surface area contributed by atoms with Crippen molar-refractivity contribution in [2.75, 3.05) is 20.3 Å². The van der Waals surface area contributed by atoms with Crippen LogP contribution in [0.15, 0.2) is 41.2 Å². The first-order valence-electron chi connectivity index (χ1n) is 15.1. The molecule has 10 heteroatoms. The molecule has 41 heavy (non-hydrogen) atoms. The summed E-state index contributed by atoms with van der Waals surface area (Å²) in [6.07, 6.45) is 12.0. The van der Waals surface area contributed by atoms with Gasteiger partial charge in [-0.05, 0) is 74.1 Å². The van der Waals surface area contributed by atoms with Crippen LogP contribution in [-0.4, -0.2) is 67.2 Å². The van der Waals surface area contributed by atoms with Crippen molar-refractivity contribution >= 4 is 5.71 Å². The smallest absolute Gasteiger partial charge is 0.238 e. The number of hydrogen-bond acceptors (Lipinski definition) is 9. The molecule has 0 radical (unpaired) electrons. The summed E-state index contributed by atoms with van der Waals surface area (Å²) in [6.45, 7) is 2.41. The Morgan fingerprint density at radius 2 is 1.90 bits per heavy atom. The Morgan fingerprint density at radius 1 is 1.12 bits per heavy atom. The topological polar surface area (TPSA) is 142 Å². The Kier molecular flexibility index (Phi) is 9.31. The highest BCUT2D eigenvalue weighted by Gasteiger charge is 2.63. The van der Waals surface area contributed by atoms with Gasteiger partial charge in [0.25, 0.3) is 0 Å². The number of aromatic hydroxyl groups is 1. The second kappa shape index (κ2) is 12.9. The van der Waals surface area contributed by atoms with Gasteiger partial charge in [0.15, 0.2) is 0 Å². The van der Waals surface area contributed by atoms with E-state index in [1.807, 2.05) is 4.68 Å². The Balaban J connectivity index is 1.69. The molecule has 2 aromatic rings. The zero-order valence-electron chi connectivity index (χ0n) is 24.2. The number of aromatic nitrogens is 3. The van der Waals surface area contributed by atoms with Gasteiger partial charge < -0.3 is 30.0 Å². The monoisotopic (exact) mass is 568 g/mol. The third-order valence-electron chi connectivity index (χ3n) is 9.19. The molecule has 0 saturated heterocycles. The van der Waals surface area contributed by atoms with Crippen molar-refractivity contribution in [1.29, 1.82) is 0 Å². The second-order valence-electron chi connectivity index (χ2n) is 11.7. The van der Waals surface area contributed by atoms with Crippen molar-refractivity contribution < 1.29 is 30.0 Å². The third-order valence-corrected chi connectivity index (χ3v) is 9.19. The van der Waals surface area contributed by atoms with Crippen LogP contribution in [0.5, 0.6) is 11.5 Å². The molecular formula is C31H44N4O6. The fraction of sp³-hybridized carbons (Fsp3) is 0.645. The largest absolute Gasteiger partial charge is 0.508 e. The fourth-order valence-corrected chi connectivity index (χ4v) is 7.38. The highest BCUT2D eigenvalue weighted by Crippen LogP contribution is 2.62. The van der Waals surface area contributed by atoms with Crippen molar-refractivity contribution in [1.82, 2.24) is 15.0 Å². The van der Waals surface area contributed by atoms with E-state index >= 15 is 0 Å². The zero-order chi connectivity index (χ0) is 29.0. The molecule has 2 heterocycles. The highest BCUT2D eigenvalue weighted by atomic mass is 16.6. The van der Waals surface area contributed by atoms with E-state index in [0.717, 1.165) is 73.9 Å². The summed E-state index contributed by atoms with van der Waals surface area (Å²) in [5, 5.41) is 55.6. The Labute approximate surface area is 241 Å². The maximum atomic E-state index is 12.8. The van der Waals surface area contributed by atoms with E-state index < -0.39 is 17.7 Å². The van der Waals surface area contributed by atoms with Crippen LogP contribution in [0.2, 0.25) is 0 Å². The van der Waals surface area contributed by atoms with E-state index in [9.17, 15) is 20.4 Å². The minimum atomic E-state index is -1.65. The Hall–Kier alpha value is -2.95. The number of ether oxygens (including phenoxy) is 1. The van der Waals surface area contributed by atoms with Gasteiger partial charge >= 0.3 is 0 Å². The third kappa shape index (κ3) is 5.61. The Morgan fingerprint density at radius 3 is 2.63 bits per heavy atom. The first kappa shape index (κ1) is 29.5. The number of benzene rings is 1. The number of aryl methyl sites for hydroxylation is 1. The lowest BCUT2D eigenvalue weighted by Gasteiger charge is -2.56. The van der Waals surface area contributed by atoms with Crippen LogP contribution >= 0.6 is 0 Å². The van der Waals surface area contributed by atoms with Gasteiger partial charge in [-0.2, -0.15) is 0 Å². The van der Waals surface area contributed by atoms with Gasteiger partial charge in [-0.25, -0.2) is 4.68 Å². The summed E-state index contributed by atoms with van der Waals surface area (Å²) in [6, 6.07) is 4.52. The van der Waals surface area contributed by atoms with Crippen molar-refractivity contribution in [3.63, 3.8) is 0 Å². The zero-order valence-corrected chi connectivity index (χ0v) is 24.2. The molecule has 1 fully saturated rings. The first-order valence-corrected chi connectivity index (χ1v) is 15.1. The lowest BCUT2D eigenvalue weighted by atomic mass is 9.55. The van der Waals surface area contributed by atoms with Crippen LogP contribution in [0.4, 0.5) is 0 Å². The number of allylic oxidation sites excluding steroid dienone is 1. The molecule has 1 saturated carbocycles. The Bertz CT molecular complexity index is 1240. The summed E-state index contributed by atoms with van der Waals surface area (Å²) >= 11 is 0. The lowest BCUT2D eigenvalue weighted by molar-refractivity contribution is -0.225. The van der Waals surface area contributed by atoms with Crippen molar-refractivity contribution in [2.24, 2.45) is 22.9 Å². The van der Waals surface area contributed by atoms with Crippen LogP contribution in [0.1, 0.15) is 87.9 Å². The molecule has 224 valence electrons. The molecule has 2 aliphatic carbocycles. The van der Waals surface area contributed by atoms with Gasteiger partial charge in [-0.3, -0.25) is 0 Å². The van der Waals surface area contributed by atoms with E-state index in [4.69, 9.17) is 9.57 Å². The van der Waals surface area contributed by atoms with Crippen molar-refractivity contribution in [2.45, 2.75) is 88.9 Å². The van der Waals surface area contributed by atoms with Gasteiger partial charge in [-0.15, -0.1) is 5.10 Å². The average Bonchev–Trinajstić information content (AvgIpc) is 3.42. The number of nitrogens with zero attached hydrogens (tertiary/aromatic N) is 4. The van der Waals surface area contributed by atoms with E-state index in [-0.39, 0.29) is 36.7 Å². The van der Waals surface area contributed by atoms with E-state index in [1.54, 1.807) is 24.4 Å². The number of hydrogen-bond donors (Lipinski definition) is 4. The number of phenols is 1. The quantitative estimate of drug-likeness (QED) is 0.208. The molecule has 5 rings (SSSR count). The number of phenolic OH excluding ortho intramolecular Hbond substituents is 1. The predicted octanol–water partition coefficient (Wildman–Crippen LogP) is 4.25. The summed E-state index contributed by atoms with van der Waals surface area (Å²) in [7, 11) is 1.53. The highest BCUT2D eigenvalue weighted by molar-refractivity contribution is 6.02. The van der Waals surface area contributed by atoms with Gasteiger partial charge in [0.1, 0.15) is 24.7 Å². The summed E-state index contributed by atoms with van der Waals surface area (Å²) in [5.41, 5.74) is 3.46. The van der Waals surface area contributed by atoms with E-state index in [2.05, 4.69) is 28.5 Å². The molecule has 4 N–H and O–H groups in total. The number of aliphatic hydroxyl groups excluding tert-OH is 2. The number of aliphatic hydroxyl groups is 3. The average molecular weight is 569 g/mol. The van der Waals surface area contributed by atoms with E-state index in [0.29, 0.717) is 18.6 Å². The van der Waals surface area contributed by atoms with Crippen LogP contribution in [-0.2, 0) is 11.3 Å². The summed E-state index contributed by atoms with van der Waals surface area (Å²) < 4.78 is 8.40. The normalized spacial score (nSPS) is 29.4. The molecule has 0 spiro atoms. The van der Waals surface area contributed by atoms with Crippen LogP contribution in [0, 0.1) is 17.8 Å². The molecule has 6 unspecified atom stereocenters. The van der Waals surface area contributed by atoms with Gasteiger partial charge in [0.05, 0.1) is 23.5 Å². The molecule has 1 aliphatic heterocycles. The van der Waals surface area contributed by atoms with E-state index in [1.165, 1.54) is 7.11 Å². The van der Waals surface area contributed by atoms with Crippen LogP contribution in [0.25, 0.3) is 0 Å². The fourth-order valence-electron chi connectivity index (χ4n) is 7.38. The van der Waals surface area contributed by atoms with Gasteiger partial charge in [0, 0.05) is 31.1 Å². The summed E-state index contributed by atoms with van der Waals surface area (Å²) in [5.74, 6) is -1.34. The lowest BCUT2D eigenvalue weighted by Crippen LogP contribution is -2.62. The molecule has 0 bridgehead atoms. The molecule has 10 nitrogen and oxygen atoms in total. The van der Waals surface area contributed by atoms with Gasteiger partial charge in [-0.1, -0.05) is 42.6 Å².